The van der Waals surface area contributed by atoms with Crippen molar-refractivity contribution < 1.29 is 9.53 Å². The minimum absolute atomic E-state index is 0.0940. The summed E-state index contributed by atoms with van der Waals surface area (Å²) < 4.78 is 5.37. The fourth-order valence-corrected chi connectivity index (χ4v) is 2.67. The Balaban J connectivity index is 2.05. The zero-order valence-electron chi connectivity index (χ0n) is 12.7. The fourth-order valence-electron chi connectivity index (χ4n) is 2.67. The van der Waals surface area contributed by atoms with Gasteiger partial charge in [0.15, 0.2) is 6.61 Å². The van der Waals surface area contributed by atoms with Crippen LogP contribution in [0.15, 0.2) is 18.2 Å². The topological polar surface area (TPSA) is 50.4 Å². The van der Waals surface area contributed by atoms with Crippen LogP contribution in [0.25, 0.3) is 0 Å². The van der Waals surface area contributed by atoms with Crippen LogP contribution in [0.5, 0.6) is 5.75 Å². The monoisotopic (exact) mass is 276 g/mol. The van der Waals surface area contributed by atoms with Gasteiger partial charge in [0.25, 0.3) is 5.91 Å². The average molecular weight is 276 g/mol. The van der Waals surface area contributed by atoms with Gasteiger partial charge in [-0.3, -0.25) is 4.79 Å². The molecule has 2 unspecified atom stereocenters. The quantitative estimate of drug-likeness (QED) is 0.869. The van der Waals surface area contributed by atoms with Crippen LogP contribution in [0, 0.1) is 5.92 Å². The third-order valence-corrected chi connectivity index (χ3v) is 3.50. The van der Waals surface area contributed by atoms with Crippen LogP contribution >= 0.6 is 0 Å². The van der Waals surface area contributed by atoms with Gasteiger partial charge in [0.2, 0.25) is 0 Å². The first-order valence-electron chi connectivity index (χ1n) is 7.28. The molecule has 2 N–H and O–H groups in total. The lowest BCUT2D eigenvalue weighted by Crippen LogP contribution is -2.30. The third kappa shape index (κ3) is 3.73. The molecule has 0 aliphatic carbocycles. The highest BCUT2D eigenvalue weighted by Crippen LogP contribution is 2.30. The maximum Gasteiger partial charge on any atom is 0.262 e. The van der Waals surface area contributed by atoms with Crippen molar-refractivity contribution >= 4 is 11.6 Å². The van der Waals surface area contributed by atoms with Crippen molar-refractivity contribution in [2.75, 3.05) is 11.9 Å². The molecule has 0 spiro atoms. The predicted octanol–water partition coefficient (Wildman–Crippen LogP) is 3.10. The average Bonchev–Trinajstić information content (AvgIpc) is 2.36. The lowest BCUT2D eigenvalue weighted by atomic mass is 10.0. The van der Waals surface area contributed by atoms with E-state index in [1.807, 2.05) is 12.1 Å². The standard InChI is InChI=1S/C16H24N2O2/c1-10(2)7-11(3)17-12(4)13-5-6-15-14(8-13)18-16(19)9-20-15/h5-6,8,10-12,17H,7,9H2,1-4H3,(H,18,19). The molecular weight excluding hydrogens is 252 g/mol. The molecule has 0 saturated heterocycles. The number of benzene rings is 1. The number of rotatable bonds is 5. The fraction of sp³-hybridized carbons (Fsp3) is 0.562. The number of hydrogen-bond acceptors (Lipinski definition) is 3. The van der Waals surface area contributed by atoms with Crippen LogP contribution in [0.2, 0.25) is 0 Å². The third-order valence-electron chi connectivity index (χ3n) is 3.50. The molecule has 0 aromatic heterocycles. The van der Waals surface area contributed by atoms with E-state index in [1.165, 1.54) is 0 Å². The maximum absolute atomic E-state index is 11.4. The van der Waals surface area contributed by atoms with Gasteiger partial charge in [-0.1, -0.05) is 19.9 Å². The van der Waals surface area contributed by atoms with Crippen LogP contribution in [-0.2, 0) is 4.79 Å². The van der Waals surface area contributed by atoms with Gasteiger partial charge >= 0.3 is 0 Å². The summed E-state index contributed by atoms with van der Waals surface area (Å²) in [5.74, 6) is 1.33. The van der Waals surface area contributed by atoms with Gasteiger partial charge in [-0.2, -0.15) is 0 Å². The molecule has 1 heterocycles. The Kier molecular flexibility index (Phi) is 4.65. The largest absolute Gasteiger partial charge is 0.482 e. The van der Waals surface area contributed by atoms with Crippen molar-refractivity contribution in [2.45, 2.75) is 46.2 Å². The van der Waals surface area contributed by atoms with E-state index in [9.17, 15) is 4.79 Å². The number of anilines is 1. The van der Waals surface area contributed by atoms with Crippen LogP contribution < -0.4 is 15.4 Å². The first-order chi connectivity index (χ1) is 9.45. The van der Waals surface area contributed by atoms with E-state index in [0.29, 0.717) is 12.0 Å². The molecule has 1 aromatic carbocycles. The molecule has 1 aliphatic rings. The summed E-state index contributed by atoms with van der Waals surface area (Å²) in [6, 6.07) is 6.68. The van der Waals surface area contributed by atoms with Crippen LogP contribution in [0.1, 0.15) is 45.7 Å². The zero-order valence-corrected chi connectivity index (χ0v) is 12.7. The highest BCUT2D eigenvalue weighted by atomic mass is 16.5. The lowest BCUT2D eigenvalue weighted by Gasteiger charge is -2.24. The minimum atomic E-state index is -0.0940. The number of fused-ring (bicyclic) bond motifs is 1. The van der Waals surface area contributed by atoms with Gasteiger partial charge < -0.3 is 15.4 Å². The van der Waals surface area contributed by atoms with E-state index in [0.717, 1.165) is 23.4 Å². The zero-order chi connectivity index (χ0) is 14.7. The normalized spacial score (nSPS) is 17.1. The number of carbonyl (C=O) groups excluding carboxylic acids is 1. The second-order valence-electron chi connectivity index (χ2n) is 6.01. The van der Waals surface area contributed by atoms with E-state index in [-0.39, 0.29) is 18.6 Å². The van der Waals surface area contributed by atoms with E-state index >= 15 is 0 Å². The Morgan fingerprint density at radius 3 is 2.75 bits per heavy atom. The van der Waals surface area contributed by atoms with Crippen LogP contribution in [-0.4, -0.2) is 18.6 Å². The van der Waals surface area contributed by atoms with Crippen molar-refractivity contribution in [2.24, 2.45) is 5.92 Å². The van der Waals surface area contributed by atoms with E-state index in [4.69, 9.17) is 4.74 Å². The Morgan fingerprint density at radius 1 is 1.30 bits per heavy atom. The van der Waals surface area contributed by atoms with Gasteiger partial charge in [0.05, 0.1) is 5.69 Å². The van der Waals surface area contributed by atoms with Crippen molar-refractivity contribution in [1.29, 1.82) is 0 Å². The summed E-state index contributed by atoms with van der Waals surface area (Å²) in [4.78, 5) is 11.4. The lowest BCUT2D eigenvalue weighted by molar-refractivity contribution is -0.118. The van der Waals surface area contributed by atoms with Gasteiger partial charge in [-0.05, 0) is 43.9 Å². The number of nitrogens with one attached hydrogen (secondary N) is 2. The highest BCUT2D eigenvalue weighted by Gasteiger charge is 2.18. The number of hydrogen-bond donors (Lipinski definition) is 2. The predicted molar refractivity (Wildman–Crippen MR) is 81.0 cm³/mol. The first-order valence-corrected chi connectivity index (χ1v) is 7.28. The second-order valence-corrected chi connectivity index (χ2v) is 6.01. The molecule has 4 heteroatoms. The van der Waals surface area contributed by atoms with Crippen molar-refractivity contribution in [1.82, 2.24) is 5.32 Å². The van der Waals surface area contributed by atoms with Crippen molar-refractivity contribution in [3.8, 4) is 5.75 Å². The molecule has 0 saturated carbocycles. The molecular formula is C16H24N2O2. The van der Waals surface area contributed by atoms with Gasteiger partial charge in [-0.15, -0.1) is 0 Å². The smallest absolute Gasteiger partial charge is 0.262 e. The Morgan fingerprint density at radius 2 is 2.05 bits per heavy atom. The van der Waals surface area contributed by atoms with Crippen LogP contribution in [0.4, 0.5) is 5.69 Å². The minimum Gasteiger partial charge on any atom is -0.482 e. The molecule has 1 amide bonds. The Labute approximate surface area is 120 Å². The SMILES string of the molecule is CC(C)CC(C)NC(C)c1ccc2c(c1)NC(=O)CO2. The second kappa shape index (κ2) is 6.27. The molecule has 2 atom stereocenters. The van der Waals surface area contributed by atoms with E-state index in [1.54, 1.807) is 0 Å². The van der Waals surface area contributed by atoms with E-state index < -0.39 is 0 Å². The van der Waals surface area contributed by atoms with Crippen molar-refractivity contribution in [3.05, 3.63) is 23.8 Å². The maximum atomic E-state index is 11.4. The summed E-state index contributed by atoms with van der Waals surface area (Å²) in [5, 5.41) is 6.44. The molecule has 0 bridgehead atoms. The molecule has 4 nitrogen and oxygen atoms in total. The molecule has 110 valence electrons. The highest BCUT2D eigenvalue weighted by molar-refractivity contribution is 5.95. The van der Waals surface area contributed by atoms with Gasteiger partial charge in [-0.25, -0.2) is 0 Å². The van der Waals surface area contributed by atoms with Gasteiger partial charge in [0, 0.05) is 12.1 Å². The first kappa shape index (κ1) is 14.9. The number of ether oxygens (including phenoxy) is 1. The molecule has 1 aromatic rings. The molecule has 0 fully saturated rings. The molecule has 1 aliphatic heterocycles. The molecule has 20 heavy (non-hydrogen) atoms. The summed E-state index contributed by atoms with van der Waals surface area (Å²) in [7, 11) is 0. The van der Waals surface area contributed by atoms with Crippen molar-refractivity contribution in [3.63, 3.8) is 0 Å². The Bertz CT molecular complexity index is 485. The number of amides is 1. The van der Waals surface area contributed by atoms with Crippen LogP contribution in [0.3, 0.4) is 0 Å². The summed E-state index contributed by atoms with van der Waals surface area (Å²) in [6.45, 7) is 8.92. The number of carbonyl (C=O) groups is 1. The summed E-state index contributed by atoms with van der Waals surface area (Å²) in [6.07, 6.45) is 1.15. The Hall–Kier alpha value is -1.55. The molecule has 2 rings (SSSR count). The summed E-state index contributed by atoms with van der Waals surface area (Å²) in [5.41, 5.74) is 1.93. The summed E-state index contributed by atoms with van der Waals surface area (Å²) >= 11 is 0. The molecule has 0 radical (unpaired) electrons. The van der Waals surface area contributed by atoms with Gasteiger partial charge in [0.1, 0.15) is 5.75 Å². The van der Waals surface area contributed by atoms with E-state index in [2.05, 4.69) is 44.4 Å².